The molecule has 0 saturated carbocycles. The first kappa shape index (κ1) is 19.6. The van der Waals surface area contributed by atoms with Gasteiger partial charge in [-0.3, -0.25) is 4.90 Å². The van der Waals surface area contributed by atoms with Gasteiger partial charge in [0.15, 0.2) is 0 Å². The Balaban J connectivity index is 2.40. The number of hydrogen-bond acceptors (Lipinski definition) is 4. The number of sulfone groups is 1. The molecule has 1 aliphatic heterocycles. The lowest BCUT2D eigenvalue weighted by Gasteiger charge is -2.35. The molecule has 24 heavy (non-hydrogen) atoms. The smallest absolute Gasteiger partial charge is 0.299 e. The van der Waals surface area contributed by atoms with Crippen LogP contribution in [0.15, 0.2) is 28.0 Å². The van der Waals surface area contributed by atoms with E-state index in [0.717, 1.165) is 37.8 Å². The molecule has 1 atom stereocenters. The van der Waals surface area contributed by atoms with E-state index in [0.29, 0.717) is 16.9 Å². The summed E-state index contributed by atoms with van der Waals surface area (Å²) in [5.74, 6) is 0.766. The summed E-state index contributed by atoms with van der Waals surface area (Å²) in [5.41, 5.74) is -4.96. The molecule has 2 rings (SSSR count). The van der Waals surface area contributed by atoms with Gasteiger partial charge in [-0.1, -0.05) is 19.9 Å². The number of nitrogens with zero attached hydrogens (tertiary/aromatic N) is 1. The van der Waals surface area contributed by atoms with Crippen LogP contribution in [0.3, 0.4) is 0 Å². The minimum absolute atomic E-state index is 0.0620. The van der Waals surface area contributed by atoms with Crippen LogP contribution in [-0.4, -0.2) is 43.7 Å². The van der Waals surface area contributed by atoms with Gasteiger partial charge < -0.3 is 0 Å². The predicted octanol–water partition coefficient (Wildman–Crippen LogP) is 4.12. The maximum absolute atomic E-state index is 13.0. The summed E-state index contributed by atoms with van der Waals surface area (Å²) < 4.78 is 62.8. The molecule has 0 bridgehead atoms. The van der Waals surface area contributed by atoms with Crippen molar-refractivity contribution >= 4 is 21.6 Å². The molecule has 0 N–H and O–H groups in total. The third-order valence-electron chi connectivity index (χ3n) is 4.09. The fourth-order valence-electron chi connectivity index (χ4n) is 3.02. The molecule has 0 spiro atoms. The third kappa shape index (κ3) is 3.91. The lowest BCUT2D eigenvalue weighted by Crippen LogP contribution is -2.41. The Bertz CT molecular complexity index is 668. The van der Waals surface area contributed by atoms with Gasteiger partial charge in [0, 0.05) is 16.7 Å². The molecule has 1 aromatic rings. The van der Waals surface area contributed by atoms with Gasteiger partial charge in [0.1, 0.15) is 0 Å². The van der Waals surface area contributed by atoms with E-state index < -0.39 is 20.2 Å². The largest absolute Gasteiger partial charge is 0.501 e. The average molecular weight is 381 g/mol. The van der Waals surface area contributed by atoms with E-state index in [1.165, 1.54) is 17.8 Å². The molecule has 1 unspecified atom stereocenters. The van der Waals surface area contributed by atoms with Crippen LogP contribution in [0.5, 0.6) is 0 Å². The summed E-state index contributed by atoms with van der Waals surface area (Å²) in [4.78, 5) is 2.31. The molecule has 136 valence electrons. The number of rotatable bonds is 6. The fourth-order valence-corrected chi connectivity index (χ4v) is 5.36. The summed E-state index contributed by atoms with van der Waals surface area (Å²) in [6.45, 7) is 5.85. The van der Waals surface area contributed by atoms with Crippen LogP contribution in [0, 0.1) is 0 Å². The summed E-state index contributed by atoms with van der Waals surface area (Å²) >= 11 is 1.44. The zero-order valence-corrected chi connectivity index (χ0v) is 15.4. The minimum atomic E-state index is -5.32. The summed E-state index contributed by atoms with van der Waals surface area (Å²) in [6.07, 6.45) is 2.25. The maximum Gasteiger partial charge on any atom is 0.501 e. The summed E-state index contributed by atoms with van der Waals surface area (Å²) in [6, 6.07) is 4.23. The number of fused-ring (bicyclic) bond motifs is 1. The summed E-state index contributed by atoms with van der Waals surface area (Å²) in [7, 11) is -5.32. The Morgan fingerprint density at radius 2 is 1.83 bits per heavy atom. The normalized spacial score (nSPS) is 18.7. The quantitative estimate of drug-likeness (QED) is 0.743. The first-order valence-electron chi connectivity index (χ1n) is 8.02. The highest BCUT2D eigenvalue weighted by Crippen LogP contribution is 2.39. The minimum Gasteiger partial charge on any atom is -0.299 e. The molecule has 3 nitrogen and oxygen atoms in total. The van der Waals surface area contributed by atoms with Crippen LogP contribution in [-0.2, 0) is 16.3 Å². The molecule has 8 heteroatoms. The third-order valence-corrected chi connectivity index (χ3v) is 6.91. The van der Waals surface area contributed by atoms with Gasteiger partial charge in [-0.25, -0.2) is 8.42 Å². The van der Waals surface area contributed by atoms with Crippen LogP contribution in [0.1, 0.15) is 32.3 Å². The van der Waals surface area contributed by atoms with Crippen molar-refractivity contribution in [3.63, 3.8) is 0 Å². The Labute approximate surface area is 145 Å². The van der Waals surface area contributed by atoms with E-state index in [1.54, 1.807) is 6.07 Å². The second-order valence-electron chi connectivity index (χ2n) is 5.89. The van der Waals surface area contributed by atoms with Gasteiger partial charge in [-0.15, -0.1) is 11.8 Å². The van der Waals surface area contributed by atoms with Crippen LogP contribution in [0.25, 0.3) is 0 Å². The van der Waals surface area contributed by atoms with Crippen LogP contribution < -0.4 is 0 Å². The maximum atomic E-state index is 13.0. The van der Waals surface area contributed by atoms with E-state index in [9.17, 15) is 21.6 Å². The summed E-state index contributed by atoms with van der Waals surface area (Å²) in [5, 5.41) is 0. The first-order valence-corrected chi connectivity index (χ1v) is 10.5. The van der Waals surface area contributed by atoms with Crippen molar-refractivity contribution in [3.8, 4) is 0 Å². The van der Waals surface area contributed by atoms with Crippen molar-refractivity contribution in [2.24, 2.45) is 0 Å². The Hall–Kier alpha value is -0.730. The Morgan fingerprint density at radius 1 is 1.21 bits per heavy atom. The highest BCUT2D eigenvalue weighted by molar-refractivity contribution is 7.99. The van der Waals surface area contributed by atoms with Crippen molar-refractivity contribution in [1.82, 2.24) is 4.90 Å². The van der Waals surface area contributed by atoms with Gasteiger partial charge in [-0.2, -0.15) is 13.2 Å². The first-order chi connectivity index (χ1) is 11.2. The van der Waals surface area contributed by atoms with E-state index in [1.807, 2.05) is 0 Å². The molecule has 1 aromatic carbocycles. The standard InChI is InChI=1S/C16H22F3NO2S2/c1-3-8-20(9-4-2)12-10-13-14(23-11-12)6-5-7-15(13)24(21,22)16(17,18)19/h5-7,12H,3-4,8-11H2,1-2H3. The van der Waals surface area contributed by atoms with Crippen LogP contribution in [0.2, 0.25) is 0 Å². The highest BCUT2D eigenvalue weighted by Gasteiger charge is 2.48. The van der Waals surface area contributed by atoms with Crippen LogP contribution >= 0.6 is 11.8 Å². The van der Waals surface area contributed by atoms with Crippen molar-refractivity contribution in [2.75, 3.05) is 18.8 Å². The highest BCUT2D eigenvalue weighted by atomic mass is 32.2. The average Bonchev–Trinajstić information content (AvgIpc) is 2.52. The lowest BCUT2D eigenvalue weighted by molar-refractivity contribution is -0.0436. The predicted molar refractivity (Wildman–Crippen MR) is 90.1 cm³/mol. The number of halogens is 3. The zero-order valence-electron chi connectivity index (χ0n) is 13.8. The number of alkyl halides is 3. The zero-order chi connectivity index (χ0) is 18.0. The van der Waals surface area contributed by atoms with E-state index in [4.69, 9.17) is 0 Å². The van der Waals surface area contributed by atoms with Crippen molar-refractivity contribution < 1.29 is 21.6 Å². The fraction of sp³-hybridized carbons (Fsp3) is 0.625. The van der Waals surface area contributed by atoms with E-state index in [2.05, 4.69) is 18.7 Å². The van der Waals surface area contributed by atoms with Gasteiger partial charge >= 0.3 is 5.51 Å². The topological polar surface area (TPSA) is 37.4 Å². The van der Waals surface area contributed by atoms with E-state index >= 15 is 0 Å². The second-order valence-corrected chi connectivity index (χ2v) is 8.86. The van der Waals surface area contributed by atoms with Gasteiger partial charge in [0.05, 0.1) is 4.90 Å². The molecular formula is C16H22F3NO2S2. The number of benzene rings is 1. The monoisotopic (exact) mass is 381 g/mol. The molecule has 0 amide bonds. The second kappa shape index (κ2) is 7.66. The Morgan fingerprint density at radius 3 is 2.38 bits per heavy atom. The molecule has 0 aromatic heterocycles. The molecule has 1 heterocycles. The molecule has 0 aliphatic carbocycles. The van der Waals surface area contributed by atoms with Crippen molar-refractivity contribution in [3.05, 3.63) is 23.8 Å². The van der Waals surface area contributed by atoms with Gasteiger partial charge in [-0.05, 0) is 50.0 Å². The molecule has 0 radical (unpaired) electrons. The Kier molecular flexibility index (Phi) is 6.25. The lowest BCUT2D eigenvalue weighted by atomic mass is 10.0. The molecule has 0 fully saturated rings. The molecular weight excluding hydrogens is 359 g/mol. The van der Waals surface area contributed by atoms with Gasteiger partial charge in [0.25, 0.3) is 9.84 Å². The number of hydrogen-bond donors (Lipinski definition) is 0. The SMILES string of the molecule is CCCN(CCC)C1CSc2cccc(S(=O)(=O)C(F)(F)F)c2C1. The van der Waals surface area contributed by atoms with Gasteiger partial charge in [0.2, 0.25) is 0 Å². The van der Waals surface area contributed by atoms with Crippen molar-refractivity contribution in [1.29, 1.82) is 0 Å². The van der Waals surface area contributed by atoms with Crippen LogP contribution in [0.4, 0.5) is 13.2 Å². The van der Waals surface area contributed by atoms with E-state index in [-0.39, 0.29) is 6.04 Å². The van der Waals surface area contributed by atoms with Crippen molar-refractivity contribution in [2.45, 2.75) is 54.5 Å². The number of thioether (sulfide) groups is 1. The molecule has 1 aliphatic rings. The molecule has 0 saturated heterocycles.